The summed E-state index contributed by atoms with van der Waals surface area (Å²) < 4.78 is 0. The molecule has 13 heavy (non-hydrogen) atoms. The maximum atomic E-state index is 9.70. The van der Waals surface area contributed by atoms with Crippen molar-refractivity contribution in [3.05, 3.63) is 0 Å². The first-order chi connectivity index (χ1) is 6.27. The Morgan fingerprint density at radius 2 is 1.85 bits per heavy atom. The summed E-state index contributed by atoms with van der Waals surface area (Å²) in [4.78, 5) is 2.27. The van der Waals surface area contributed by atoms with Crippen molar-refractivity contribution in [2.45, 2.75) is 50.4 Å². The van der Waals surface area contributed by atoms with Crippen LogP contribution in [0.25, 0.3) is 0 Å². The Morgan fingerprint density at radius 1 is 1.00 bits per heavy atom. The van der Waals surface area contributed by atoms with E-state index in [4.69, 9.17) is 0 Å². The Labute approximate surface area is 79.4 Å². The largest absolute Gasteiger partial charge is 0.392 e. The van der Waals surface area contributed by atoms with E-state index in [-0.39, 0.29) is 12.2 Å². The van der Waals surface area contributed by atoms with Crippen molar-refractivity contribution in [2.24, 2.45) is 0 Å². The Morgan fingerprint density at radius 3 is 2.46 bits per heavy atom. The number of hydrogen-bond acceptors (Lipinski definition) is 3. The molecule has 0 spiro atoms. The van der Waals surface area contributed by atoms with Gasteiger partial charge in [0.2, 0.25) is 0 Å². The molecule has 0 aromatic rings. The highest BCUT2D eigenvalue weighted by atomic mass is 16.3. The van der Waals surface area contributed by atoms with Gasteiger partial charge in [-0.05, 0) is 38.6 Å². The first kappa shape index (κ1) is 9.44. The summed E-state index contributed by atoms with van der Waals surface area (Å²) in [6.45, 7) is 1.82. The second-order valence-electron chi connectivity index (χ2n) is 4.36. The van der Waals surface area contributed by atoms with Gasteiger partial charge in [-0.1, -0.05) is 0 Å². The van der Waals surface area contributed by atoms with Crippen molar-refractivity contribution in [3.63, 3.8) is 0 Å². The van der Waals surface area contributed by atoms with Crippen molar-refractivity contribution in [1.82, 2.24) is 4.90 Å². The molecule has 0 aromatic heterocycles. The number of nitrogens with zero attached hydrogens (tertiary/aromatic N) is 1. The molecule has 76 valence electrons. The zero-order chi connectivity index (χ0) is 9.26. The molecule has 0 bridgehead atoms. The van der Waals surface area contributed by atoms with E-state index in [9.17, 15) is 10.2 Å². The quantitative estimate of drug-likeness (QED) is 0.620. The minimum atomic E-state index is -0.165. The summed E-state index contributed by atoms with van der Waals surface area (Å²) in [7, 11) is 0. The van der Waals surface area contributed by atoms with Gasteiger partial charge >= 0.3 is 0 Å². The van der Waals surface area contributed by atoms with E-state index in [0.717, 1.165) is 45.2 Å². The zero-order valence-corrected chi connectivity index (χ0v) is 8.02. The van der Waals surface area contributed by atoms with Crippen molar-refractivity contribution >= 4 is 0 Å². The topological polar surface area (TPSA) is 43.7 Å². The van der Waals surface area contributed by atoms with Crippen LogP contribution < -0.4 is 0 Å². The van der Waals surface area contributed by atoms with Gasteiger partial charge in [-0.2, -0.15) is 0 Å². The van der Waals surface area contributed by atoms with Crippen LogP contribution >= 0.6 is 0 Å². The number of β-amino-alcohol motifs (C(OH)–C–C–N with tert-alkyl or cyclic N) is 1. The lowest BCUT2D eigenvalue weighted by Gasteiger charge is -2.36. The average Bonchev–Trinajstić information content (AvgIpc) is 2.51. The molecule has 1 saturated carbocycles. The summed E-state index contributed by atoms with van der Waals surface area (Å²) >= 11 is 0. The van der Waals surface area contributed by atoms with Gasteiger partial charge in [0, 0.05) is 12.6 Å². The van der Waals surface area contributed by atoms with Gasteiger partial charge < -0.3 is 10.2 Å². The normalized spacial score (nSPS) is 42.5. The third-order valence-electron chi connectivity index (χ3n) is 3.34. The Hall–Kier alpha value is -0.120. The fraction of sp³-hybridized carbons (Fsp3) is 1.00. The lowest BCUT2D eigenvalue weighted by molar-refractivity contribution is 0.00951. The molecule has 3 atom stereocenters. The van der Waals surface area contributed by atoms with E-state index in [2.05, 4.69) is 4.90 Å². The molecule has 3 heteroatoms. The van der Waals surface area contributed by atoms with E-state index in [0.29, 0.717) is 6.04 Å². The highest BCUT2D eigenvalue weighted by Crippen LogP contribution is 2.26. The fourth-order valence-corrected chi connectivity index (χ4v) is 2.63. The molecule has 1 saturated heterocycles. The second-order valence-corrected chi connectivity index (χ2v) is 4.36. The van der Waals surface area contributed by atoms with Gasteiger partial charge in [0.15, 0.2) is 0 Å². The third kappa shape index (κ3) is 2.03. The summed E-state index contributed by atoms with van der Waals surface area (Å²) in [6.07, 6.45) is 4.87. The summed E-state index contributed by atoms with van der Waals surface area (Å²) in [5, 5.41) is 19.2. The van der Waals surface area contributed by atoms with E-state index in [1.165, 1.54) is 0 Å². The number of hydrogen-bond donors (Lipinski definition) is 2. The number of rotatable bonds is 1. The van der Waals surface area contributed by atoms with Crippen LogP contribution in [0.15, 0.2) is 0 Å². The Kier molecular flexibility index (Phi) is 2.86. The maximum absolute atomic E-state index is 9.70. The average molecular weight is 185 g/mol. The highest BCUT2D eigenvalue weighted by Gasteiger charge is 2.32. The number of aliphatic hydroxyl groups excluding tert-OH is 2. The SMILES string of the molecule is OC1CCCN([C@@H]2CCC[C@H]2O)C1. The molecule has 1 unspecified atom stereocenters. The second kappa shape index (κ2) is 3.95. The number of piperidine rings is 1. The van der Waals surface area contributed by atoms with Crippen LogP contribution in [0.1, 0.15) is 32.1 Å². The van der Waals surface area contributed by atoms with Crippen LogP contribution in [0.2, 0.25) is 0 Å². The van der Waals surface area contributed by atoms with Crippen LogP contribution in [0.4, 0.5) is 0 Å². The lowest BCUT2D eigenvalue weighted by atomic mass is 10.0. The predicted octanol–water partition coefficient (Wildman–Crippen LogP) is 0.357. The van der Waals surface area contributed by atoms with Crippen LogP contribution in [0.5, 0.6) is 0 Å². The minimum Gasteiger partial charge on any atom is -0.392 e. The fourth-order valence-electron chi connectivity index (χ4n) is 2.63. The van der Waals surface area contributed by atoms with Crippen LogP contribution in [-0.4, -0.2) is 46.5 Å². The lowest BCUT2D eigenvalue weighted by Crippen LogP contribution is -2.47. The van der Waals surface area contributed by atoms with Gasteiger partial charge in [0.05, 0.1) is 12.2 Å². The van der Waals surface area contributed by atoms with Gasteiger partial charge in [0.25, 0.3) is 0 Å². The first-order valence-corrected chi connectivity index (χ1v) is 5.37. The molecule has 2 fully saturated rings. The third-order valence-corrected chi connectivity index (χ3v) is 3.34. The zero-order valence-electron chi connectivity index (χ0n) is 8.02. The number of aliphatic hydroxyl groups is 2. The molecular weight excluding hydrogens is 166 g/mol. The van der Waals surface area contributed by atoms with E-state index in [1.807, 2.05) is 0 Å². The monoisotopic (exact) mass is 185 g/mol. The molecule has 3 nitrogen and oxygen atoms in total. The molecule has 2 N–H and O–H groups in total. The predicted molar refractivity (Wildman–Crippen MR) is 50.5 cm³/mol. The molecule has 0 aromatic carbocycles. The Balaban J connectivity index is 1.91. The standard InChI is InChI=1S/C10H19NO2/c12-8-3-2-6-11(7-8)9-4-1-5-10(9)13/h8-10,12-13H,1-7H2/t8?,9-,10-/m1/s1. The Bertz CT molecular complexity index is 174. The summed E-state index contributed by atoms with van der Waals surface area (Å²) in [5.41, 5.74) is 0. The van der Waals surface area contributed by atoms with Gasteiger partial charge in [-0.25, -0.2) is 0 Å². The van der Waals surface area contributed by atoms with Crippen LogP contribution in [0, 0.1) is 0 Å². The van der Waals surface area contributed by atoms with Crippen LogP contribution in [-0.2, 0) is 0 Å². The summed E-state index contributed by atoms with van der Waals surface area (Å²) in [5.74, 6) is 0. The molecular formula is C10H19NO2. The first-order valence-electron chi connectivity index (χ1n) is 5.37. The minimum absolute atomic E-state index is 0.148. The van der Waals surface area contributed by atoms with E-state index in [1.54, 1.807) is 0 Å². The van der Waals surface area contributed by atoms with Gasteiger partial charge in [0.1, 0.15) is 0 Å². The molecule has 0 amide bonds. The van der Waals surface area contributed by atoms with Gasteiger partial charge in [-0.3, -0.25) is 4.90 Å². The molecule has 1 aliphatic carbocycles. The smallest absolute Gasteiger partial charge is 0.0695 e. The van der Waals surface area contributed by atoms with E-state index < -0.39 is 0 Å². The van der Waals surface area contributed by atoms with Crippen molar-refractivity contribution < 1.29 is 10.2 Å². The van der Waals surface area contributed by atoms with Crippen molar-refractivity contribution in [2.75, 3.05) is 13.1 Å². The summed E-state index contributed by atoms with van der Waals surface area (Å²) in [6, 6.07) is 0.329. The number of likely N-dealkylation sites (tertiary alicyclic amines) is 1. The molecule has 2 aliphatic rings. The highest BCUT2D eigenvalue weighted by molar-refractivity contribution is 4.87. The van der Waals surface area contributed by atoms with Crippen LogP contribution in [0.3, 0.4) is 0 Å². The molecule has 2 rings (SSSR count). The molecule has 0 radical (unpaired) electrons. The molecule has 1 aliphatic heterocycles. The molecule has 1 heterocycles. The van der Waals surface area contributed by atoms with Crippen molar-refractivity contribution in [3.8, 4) is 0 Å². The van der Waals surface area contributed by atoms with Gasteiger partial charge in [-0.15, -0.1) is 0 Å². The maximum Gasteiger partial charge on any atom is 0.0695 e. The van der Waals surface area contributed by atoms with E-state index >= 15 is 0 Å². The van der Waals surface area contributed by atoms with Crippen molar-refractivity contribution in [1.29, 1.82) is 0 Å².